The molecule has 0 aromatic heterocycles. The van der Waals surface area contributed by atoms with Crippen molar-refractivity contribution < 1.29 is 13.9 Å². The Labute approximate surface area is 130 Å². The zero-order chi connectivity index (χ0) is 13.9. The van der Waals surface area contributed by atoms with E-state index in [2.05, 4.69) is 5.32 Å². The second kappa shape index (κ2) is 7.09. The largest absolute Gasteiger partial charge is 0.477 e. The van der Waals surface area contributed by atoms with E-state index in [9.17, 15) is 9.18 Å². The zero-order valence-electron chi connectivity index (χ0n) is 11.8. The van der Waals surface area contributed by atoms with Crippen LogP contribution < -0.4 is 10.1 Å². The van der Waals surface area contributed by atoms with Crippen molar-refractivity contribution in [3.8, 4) is 5.75 Å². The van der Waals surface area contributed by atoms with E-state index in [1.165, 1.54) is 6.07 Å². The highest BCUT2D eigenvalue weighted by atomic mass is 35.5. The number of rotatable bonds is 3. The molecule has 2 saturated heterocycles. The summed E-state index contributed by atoms with van der Waals surface area (Å²) in [6.45, 7) is 2.61. The summed E-state index contributed by atoms with van der Waals surface area (Å²) in [4.78, 5) is 14.3. The van der Waals surface area contributed by atoms with Crippen molar-refractivity contribution in [3.63, 3.8) is 0 Å². The van der Waals surface area contributed by atoms with Gasteiger partial charge >= 0.3 is 0 Å². The SMILES string of the molecule is Cl.O=C1[C@@H](Oc2ccccc2F)CCN1C1CCNCC1. The highest BCUT2D eigenvalue weighted by Gasteiger charge is 2.37. The molecule has 0 aliphatic carbocycles. The predicted octanol–water partition coefficient (Wildman–Crippen LogP) is 1.98. The monoisotopic (exact) mass is 314 g/mol. The van der Waals surface area contributed by atoms with Crippen LogP contribution in [0.15, 0.2) is 24.3 Å². The lowest BCUT2D eigenvalue weighted by molar-refractivity contribution is -0.135. The van der Waals surface area contributed by atoms with Gasteiger partial charge in [0.1, 0.15) is 0 Å². The molecule has 0 saturated carbocycles. The number of piperidine rings is 1. The molecule has 0 bridgehead atoms. The van der Waals surface area contributed by atoms with E-state index in [-0.39, 0.29) is 24.1 Å². The first-order valence-corrected chi connectivity index (χ1v) is 7.18. The summed E-state index contributed by atoms with van der Waals surface area (Å²) in [5, 5.41) is 3.29. The van der Waals surface area contributed by atoms with E-state index in [0.717, 1.165) is 25.9 Å². The molecule has 2 aliphatic heterocycles. The third-order valence-corrected chi connectivity index (χ3v) is 4.05. The van der Waals surface area contributed by atoms with Crippen LogP contribution in [0.2, 0.25) is 0 Å². The maximum atomic E-state index is 13.6. The minimum Gasteiger partial charge on any atom is -0.477 e. The first-order chi connectivity index (χ1) is 9.75. The van der Waals surface area contributed by atoms with Crippen molar-refractivity contribution in [1.82, 2.24) is 10.2 Å². The number of carbonyl (C=O) groups is 1. The number of hydrogen-bond acceptors (Lipinski definition) is 3. The molecule has 21 heavy (non-hydrogen) atoms. The lowest BCUT2D eigenvalue weighted by Gasteiger charge is -2.31. The fraction of sp³-hybridized carbons (Fsp3) is 0.533. The lowest BCUT2D eigenvalue weighted by atomic mass is 10.1. The molecule has 1 atom stereocenters. The molecule has 0 unspecified atom stereocenters. The molecule has 1 aromatic rings. The molecular formula is C15H20ClFN2O2. The molecule has 0 radical (unpaired) electrons. The number of amides is 1. The van der Waals surface area contributed by atoms with Gasteiger partial charge in [-0.05, 0) is 38.1 Å². The fourth-order valence-corrected chi connectivity index (χ4v) is 2.96. The van der Waals surface area contributed by atoms with Gasteiger partial charge in [-0.2, -0.15) is 0 Å². The average molecular weight is 315 g/mol. The Morgan fingerprint density at radius 2 is 1.90 bits per heavy atom. The molecule has 116 valence electrons. The van der Waals surface area contributed by atoms with Crippen molar-refractivity contribution in [1.29, 1.82) is 0 Å². The summed E-state index contributed by atoms with van der Waals surface area (Å²) in [6, 6.07) is 6.54. The van der Waals surface area contributed by atoms with Gasteiger partial charge in [-0.15, -0.1) is 12.4 Å². The summed E-state index contributed by atoms with van der Waals surface area (Å²) in [5.41, 5.74) is 0. The van der Waals surface area contributed by atoms with Crippen LogP contribution >= 0.6 is 12.4 Å². The maximum Gasteiger partial charge on any atom is 0.263 e. The van der Waals surface area contributed by atoms with Gasteiger partial charge in [0.2, 0.25) is 0 Å². The normalized spacial score (nSPS) is 23.0. The number of benzene rings is 1. The van der Waals surface area contributed by atoms with Crippen molar-refractivity contribution >= 4 is 18.3 Å². The zero-order valence-corrected chi connectivity index (χ0v) is 12.6. The summed E-state index contributed by atoms with van der Waals surface area (Å²) < 4.78 is 19.1. The van der Waals surface area contributed by atoms with E-state index in [1.54, 1.807) is 18.2 Å². The number of ether oxygens (including phenoxy) is 1. The lowest BCUT2D eigenvalue weighted by Crippen LogP contribution is -2.45. The van der Waals surface area contributed by atoms with E-state index in [0.29, 0.717) is 19.0 Å². The highest BCUT2D eigenvalue weighted by molar-refractivity contribution is 5.85. The molecule has 1 N–H and O–H groups in total. The van der Waals surface area contributed by atoms with Crippen LogP contribution in [0.5, 0.6) is 5.75 Å². The highest BCUT2D eigenvalue weighted by Crippen LogP contribution is 2.25. The second-order valence-corrected chi connectivity index (χ2v) is 5.34. The van der Waals surface area contributed by atoms with E-state index >= 15 is 0 Å². The summed E-state index contributed by atoms with van der Waals surface area (Å²) in [7, 11) is 0. The Balaban J connectivity index is 0.00000161. The van der Waals surface area contributed by atoms with Gasteiger partial charge < -0.3 is 15.0 Å². The fourth-order valence-electron chi connectivity index (χ4n) is 2.96. The topological polar surface area (TPSA) is 41.6 Å². The average Bonchev–Trinajstić information content (AvgIpc) is 2.84. The Morgan fingerprint density at radius 1 is 1.19 bits per heavy atom. The molecular weight excluding hydrogens is 295 g/mol. The molecule has 2 fully saturated rings. The molecule has 2 aliphatic rings. The number of likely N-dealkylation sites (tertiary alicyclic amines) is 1. The van der Waals surface area contributed by atoms with Crippen LogP contribution in [0.25, 0.3) is 0 Å². The van der Waals surface area contributed by atoms with Crippen LogP contribution in [0.1, 0.15) is 19.3 Å². The maximum absolute atomic E-state index is 13.6. The van der Waals surface area contributed by atoms with Crippen LogP contribution in [-0.2, 0) is 4.79 Å². The van der Waals surface area contributed by atoms with Crippen molar-refractivity contribution in [3.05, 3.63) is 30.1 Å². The smallest absolute Gasteiger partial charge is 0.263 e. The van der Waals surface area contributed by atoms with E-state index in [1.807, 2.05) is 4.90 Å². The quantitative estimate of drug-likeness (QED) is 0.927. The van der Waals surface area contributed by atoms with Crippen molar-refractivity contribution in [2.75, 3.05) is 19.6 Å². The number of para-hydroxylation sites is 1. The van der Waals surface area contributed by atoms with Crippen LogP contribution in [-0.4, -0.2) is 42.6 Å². The second-order valence-electron chi connectivity index (χ2n) is 5.34. The Bertz CT molecular complexity index is 494. The van der Waals surface area contributed by atoms with Crippen molar-refractivity contribution in [2.45, 2.75) is 31.4 Å². The number of hydrogen-bond donors (Lipinski definition) is 1. The third-order valence-electron chi connectivity index (χ3n) is 4.05. The molecule has 1 amide bonds. The standard InChI is InChI=1S/C15H19FN2O2.ClH/c16-12-3-1-2-4-13(12)20-14-7-10-18(15(14)19)11-5-8-17-9-6-11;/h1-4,11,14,17H,5-10H2;1H/t14-;/m0./s1. The minimum absolute atomic E-state index is 0. The van der Waals surface area contributed by atoms with Gasteiger partial charge in [-0.1, -0.05) is 12.1 Å². The number of carbonyl (C=O) groups excluding carboxylic acids is 1. The first-order valence-electron chi connectivity index (χ1n) is 7.18. The molecule has 4 nitrogen and oxygen atoms in total. The Kier molecular flexibility index (Phi) is 5.42. The Morgan fingerprint density at radius 3 is 2.62 bits per heavy atom. The van der Waals surface area contributed by atoms with Gasteiger partial charge in [0.05, 0.1) is 0 Å². The van der Waals surface area contributed by atoms with Crippen LogP contribution in [0.3, 0.4) is 0 Å². The van der Waals surface area contributed by atoms with Crippen molar-refractivity contribution in [2.24, 2.45) is 0 Å². The number of nitrogens with one attached hydrogen (secondary N) is 1. The molecule has 2 heterocycles. The van der Waals surface area contributed by atoms with Crippen LogP contribution in [0.4, 0.5) is 4.39 Å². The molecule has 0 spiro atoms. The minimum atomic E-state index is -0.540. The van der Waals surface area contributed by atoms with E-state index in [4.69, 9.17) is 4.74 Å². The molecule has 6 heteroatoms. The number of halogens is 2. The molecule has 3 rings (SSSR count). The van der Waals surface area contributed by atoms with Crippen LogP contribution in [0, 0.1) is 5.82 Å². The van der Waals surface area contributed by atoms with E-state index < -0.39 is 11.9 Å². The Hall–Kier alpha value is -1.33. The summed E-state index contributed by atoms with van der Waals surface area (Å²) in [6.07, 6.45) is 2.06. The summed E-state index contributed by atoms with van der Waals surface area (Å²) in [5.74, 6) is -0.251. The third kappa shape index (κ3) is 3.47. The van der Waals surface area contributed by atoms with Gasteiger partial charge in [0.15, 0.2) is 17.7 Å². The predicted molar refractivity (Wildman–Crippen MR) is 80.3 cm³/mol. The first kappa shape index (κ1) is 16.0. The number of nitrogens with zero attached hydrogens (tertiary/aromatic N) is 1. The summed E-state index contributed by atoms with van der Waals surface area (Å²) >= 11 is 0. The molecule has 1 aromatic carbocycles. The van der Waals surface area contributed by atoms with Gasteiger partial charge in [0, 0.05) is 19.0 Å². The van der Waals surface area contributed by atoms with Gasteiger partial charge in [0.25, 0.3) is 5.91 Å². The van der Waals surface area contributed by atoms with Gasteiger partial charge in [-0.25, -0.2) is 4.39 Å². The van der Waals surface area contributed by atoms with Gasteiger partial charge in [-0.3, -0.25) is 4.79 Å².